The van der Waals surface area contributed by atoms with Gasteiger partial charge in [0.15, 0.2) is 6.61 Å². The minimum Gasteiger partial charge on any atom is -0.482 e. The van der Waals surface area contributed by atoms with Gasteiger partial charge in [-0.3, -0.25) is 0 Å². The fourth-order valence-corrected chi connectivity index (χ4v) is 2.73. The topological polar surface area (TPSA) is 87.9 Å². The lowest BCUT2D eigenvalue weighted by Gasteiger charge is -2.30. The van der Waals surface area contributed by atoms with E-state index in [9.17, 15) is 9.59 Å². The first kappa shape index (κ1) is 21.3. The fraction of sp³-hybridized carbons (Fsp3) is 0.364. The number of esters is 1. The summed E-state index contributed by atoms with van der Waals surface area (Å²) in [6.07, 6.45) is -0.789. The molecule has 1 atom stereocenters. The summed E-state index contributed by atoms with van der Waals surface area (Å²) in [6, 6.07) is 16.8. The summed E-state index contributed by atoms with van der Waals surface area (Å²) in [5, 5.41) is 0. The minimum atomic E-state index is -0.789. The molecule has 0 saturated carbocycles. The van der Waals surface area contributed by atoms with E-state index in [-0.39, 0.29) is 31.2 Å². The Morgan fingerprint density at radius 3 is 2.18 bits per heavy atom. The molecule has 0 spiro atoms. The first-order valence-corrected chi connectivity index (χ1v) is 9.10. The second kappa shape index (κ2) is 9.78. The van der Waals surface area contributed by atoms with Crippen LogP contribution in [0.4, 0.5) is 4.79 Å². The molecule has 1 unspecified atom stereocenters. The van der Waals surface area contributed by atoms with Crippen molar-refractivity contribution in [3.05, 3.63) is 65.7 Å². The molecule has 1 amide bonds. The Morgan fingerprint density at radius 2 is 1.61 bits per heavy atom. The molecule has 150 valence electrons. The number of rotatable bonds is 8. The van der Waals surface area contributed by atoms with Gasteiger partial charge in [0.1, 0.15) is 19.0 Å². The van der Waals surface area contributed by atoms with Gasteiger partial charge >= 0.3 is 12.1 Å². The van der Waals surface area contributed by atoms with Crippen molar-refractivity contribution >= 4 is 12.1 Å². The van der Waals surface area contributed by atoms with Crippen LogP contribution in [0.2, 0.25) is 0 Å². The highest BCUT2D eigenvalue weighted by atomic mass is 16.6. The van der Waals surface area contributed by atoms with Crippen molar-refractivity contribution in [1.29, 1.82) is 0 Å². The molecule has 2 aromatic carbocycles. The third-order valence-electron chi connectivity index (χ3n) is 4.32. The highest BCUT2D eigenvalue weighted by Gasteiger charge is 2.27. The zero-order valence-electron chi connectivity index (χ0n) is 16.5. The van der Waals surface area contributed by atoms with Crippen molar-refractivity contribution in [3.63, 3.8) is 0 Å². The van der Waals surface area contributed by atoms with Gasteiger partial charge in [0.05, 0.1) is 0 Å². The number of ether oxygens (including phenoxy) is 3. The van der Waals surface area contributed by atoms with Gasteiger partial charge in [-0.2, -0.15) is 0 Å². The number of hydrogen-bond acceptors (Lipinski definition) is 5. The first-order valence-electron chi connectivity index (χ1n) is 9.10. The summed E-state index contributed by atoms with van der Waals surface area (Å²) in [4.78, 5) is 22.8. The Balaban J connectivity index is 1.88. The van der Waals surface area contributed by atoms with E-state index >= 15 is 0 Å². The Morgan fingerprint density at radius 1 is 0.964 bits per heavy atom. The van der Waals surface area contributed by atoms with Gasteiger partial charge < -0.3 is 19.9 Å². The van der Waals surface area contributed by atoms with Crippen LogP contribution < -0.4 is 10.5 Å². The van der Waals surface area contributed by atoms with E-state index in [1.807, 2.05) is 42.5 Å². The van der Waals surface area contributed by atoms with Gasteiger partial charge in [-0.15, -0.1) is 0 Å². The van der Waals surface area contributed by atoms with Gasteiger partial charge in [-0.25, -0.2) is 9.59 Å². The smallest absolute Gasteiger partial charge is 0.404 e. The molecular formula is C22H27NO5. The lowest BCUT2D eigenvalue weighted by atomic mass is 9.77. The van der Waals surface area contributed by atoms with Gasteiger partial charge in [0, 0.05) is 5.92 Å². The molecule has 6 heteroatoms. The number of primary amides is 1. The van der Waals surface area contributed by atoms with Crippen LogP contribution in [-0.2, 0) is 20.9 Å². The lowest BCUT2D eigenvalue weighted by Crippen LogP contribution is -2.26. The van der Waals surface area contributed by atoms with Crippen molar-refractivity contribution in [2.75, 3.05) is 13.2 Å². The molecule has 0 heterocycles. The highest BCUT2D eigenvalue weighted by Crippen LogP contribution is 2.35. The molecule has 2 N–H and O–H groups in total. The number of hydrogen-bond donors (Lipinski definition) is 1. The quantitative estimate of drug-likeness (QED) is 0.693. The average molecular weight is 385 g/mol. The molecular weight excluding hydrogens is 358 g/mol. The Hall–Kier alpha value is -3.02. The highest BCUT2D eigenvalue weighted by molar-refractivity contribution is 5.71. The molecule has 6 nitrogen and oxygen atoms in total. The predicted octanol–water partition coefficient (Wildman–Crippen LogP) is 4.03. The van der Waals surface area contributed by atoms with Crippen LogP contribution in [0.5, 0.6) is 5.75 Å². The fourth-order valence-electron chi connectivity index (χ4n) is 2.73. The Labute approximate surface area is 165 Å². The number of benzene rings is 2. The predicted molar refractivity (Wildman–Crippen MR) is 106 cm³/mol. The van der Waals surface area contributed by atoms with Crippen molar-refractivity contribution in [3.8, 4) is 5.75 Å². The number of nitrogens with two attached hydrogens (primary N) is 1. The lowest BCUT2D eigenvalue weighted by molar-refractivity contribution is -0.147. The Kier molecular flexibility index (Phi) is 7.44. The molecule has 0 saturated heterocycles. The Bertz CT molecular complexity index is 766. The molecule has 2 aromatic rings. The third-order valence-corrected chi connectivity index (χ3v) is 4.32. The second-order valence-corrected chi connectivity index (χ2v) is 7.55. The van der Waals surface area contributed by atoms with E-state index in [0.29, 0.717) is 5.75 Å². The standard InChI is InChI=1S/C22H27NO5/c1-22(2,3)19(14-28-21(23)25)17-9-11-18(12-10-17)26-15-20(24)27-13-16-7-5-4-6-8-16/h4-12,19H,13-15H2,1-3H3,(H2,23,25). The van der Waals surface area contributed by atoms with Crippen molar-refractivity contribution in [2.45, 2.75) is 33.3 Å². The van der Waals surface area contributed by atoms with Gasteiger partial charge in [-0.05, 0) is 28.7 Å². The number of carbonyl (C=O) groups excluding carboxylic acids is 2. The molecule has 0 aromatic heterocycles. The summed E-state index contributed by atoms with van der Waals surface area (Å²) in [5.41, 5.74) is 6.88. The second-order valence-electron chi connectivity index (χ2n) is 7.55. The summed E-state index contributed by atoms with van der Waals surface area (Å²) < 4.78 is 15.7. The average Bonchev–Trinajstić information content (AvgIpc) is 2.65. The largest absolute Gasteiger partial charge is 0.482 e. The normalized spacial score (nSPS) is 12.1. The summed E-state index contributed by atoms with van der Waals surface area (Å²) >= 11 is 0. The van der Waals surface area contributed by atoms with Crippen LogP contribution in [0.1, 0.15) is 37.8 Å². The van der Waals surface area contributed by atoms with E-state index < -0.39 is 12.1 Å². The van der Waals surface area contributed by atoms with Crippen molar-refractivity contribution in [1.82, 2.24) is 0 Å². The number of carbonyl (C=O) groups is 2. The van der Waals surface area contributed by atoms with E-state index in [4.69, 9.17) is 19.9 Å². The summed E-state index contributed by atoms with van der Waals surface area (Å²) in [5.74, 6) is 0.101. The molecule has 0 bridgehead atoms. The van der Waals surface area contributed by atoms with Gasteiger partial charge in [0.2, 0.25) is 0 Å². The van der Waals surface area contributed by atoms with Gasteiger partial charge in [-0.1, -0.05) is 63.2 Å². The number of amides is 1. The minimum absolute atomic E-state index is 0.0233. The summed E-state index contributed by atoms with van der Waals surface area (Å²) in [6.45, 7) is 6.44. The van der Waals surface area contributed by atoms with Crippen LogP contribution in [-0.4, -0.2) is 25.3 Å². The molecule has 28 heavy (non-hydrogen) atoms. The zero-order chi connectivity index (χ0) is 20.6. The molecule has 2 rings (SSSR count). The maximum atomic E-state index is 11.8. The van der Waals surface area contributed by atoms with Crippen LogP contribution in [0.3, 0.4) is 0 Å². The van der Waals surface area contributed by atoms with E-state index in [1.54, 1.807) is 12.1 Å². The SMILES string of the molecule is CC(C)(C)C(COC(N)=O)c1ccc(OCC(=O)OCc2ccccc2)cc1. The van der Waals surface area contributed by atoms with Crippen LogP contribution in [0.25, 0.3) is 0 Å². The molecule has 0 aliphatic heterocycles. The third kappa shape index (κ3) is 6.95. The van der Waals surface area contributed by atoms with Gasteiger partial charge in [0.25, 0.3) is 0 Å². The van der Waals surface area contributed by atoms with E-state index in [2.05, 4.69) is 20.8 Å². The zero-order valence-corrected chi connectivity index (χ0v) is 16.5. The molecule has 0 aliphatic carbocycles. The molecule has 0 aliphatic rings. The van der Waals surface area contributed by atoms with E-state index in [0.717, 1.165) is 11.1 Å². The molecule has 0 fully saturated rings. The monoisotopic (exact) mass is 385 g/mol. The first-order chi connectivity index (χ1) is 13.3. The van der Waals surface area contributed by atoms with Crippen molar-refractivity contribution < 1.29 is 23.8 Å². The molecule has 0 radical (unpaired) electrons. The van der Waals surface area contributed by atoms with Crippen LogP contribution in [0, 0.1) is 5.41 Å². The maximum absolute atomic E-state index is 11.8. The summed E-state index contributed by atoms with van der Waals surface area (Å²) in [7, 11) is 0. The maximum Gasteiger partial charge on any atom is 0.404 e. The van der Waals surface area contributed by atoms with Crippen LogP contribution in [0.15, 0.2) is 54.6 Å². The van der Waals surface area contributed by atoms with Crippen LogP contribution >= 0.6 is 0 Å². The van der Waals surface area contributed by atoms with Crippen molar-refractivity contribution in [2.24, 2.45) is 11.1 Å². The van der Waals surface area contributed by atoms with E-state index in [1.165, 1.54) is 0 Å².